The second-order valence-corrected chi connectivity index (χ2v) is 6.75. The Kier molecular flexibility index (Phi) is 4.31. The predicted octanol–water partition coefficient (Wildman–Crippen LogP) is 5.90. The zero-order chi connectivity index (χ0) is 18.3. The van der Waals surface area contributed by atoms with E-state index in [-0.39, 0.29) is 11.7 Å². The molecule has 0 spiro atoms. The molecule has 0 aliphatic carbocycles. The number of halogens is 3. The fraction of sp³-hybridized carbons (Fsp3) is 0.0500. The van der Waals surface area contributed by atoms with E-state index >= 15 is 0 Å². The Bertz CT molecular complexity index is 991. The van der Waals surface area contributed by atoms with Crippen molar-refractivity contribution in [2.24, 2.45) is 0 Å². The van der Waals surface area contributed by atoms with Crippen LogP contribution >= 0.6 is 23.2 Å². The third-order valence-corrected chi connectivity index (χ3v) is 4.85. The van der Waals surface area contributed by atoms with Gasteiger partial charge in [0, 0.05) is 27.0 Å². The number of carbonyl (C=O) groups is 1. The zero-order valence-electron chi connectivity index (χ0n) is 13.4. The van der Waals surface area contributed by atoms with Crippen molar-refractivity contribution < 1.29 is 9.18 Å². The lowest BCUT2D eigenvalue weighted by Gasteiger charge is -2.38. The molecule has 0 saturated carbocycles. The summed E-state index contributed by atoms with van der Waals surface area (Å²) in [6.45, 7) is 0. The molecular formula is C20H13Cl2FN2O. The summed E-state index contributed by atoms with van der Waals surface area (Å²) in [5, 5.41) is 4.30. The van der Waals surface area contributed by atoms with E-state index in [4.69, 9.17) is 23.2 Å². The smallest absolute Gasteiger partial charge is 0.262 e. The first-order chi connectivity index (χ1) is 12.5. The molecule has 0 bridgehead atoms. The second kappa shape index (κ2) is 6.63. The number of hydrogen-bond donors (Lipinski definition) is 1. The average Bonchev–Trinajstić information content (AvgIpc) is 2.63. The lowest BCUT2D eigenvalue weighted by molar-refractivity contribution is 0.0975. The van der Waals surface area contributed by atoms with Gasteiger partial charge in [0.2, 0.25) is 0 Å². The first-order valence-corrected chi connectivity index (χ1v) is 8.70. The Labute approximate surface area is 160 Å². The molecule has 0 aromatic heterocycles. The Balaban J connectivity index is 1.88. The van der Waals surface area contributed by atoms with E-state index in [2.05, 4.69) is 5.32 Å². The van der Waals surface area contributed by atoms with Gasteiger partial charge in [0.05, 0.1) is 5.56 Å². The summed E-state index contributed by atoms with van der Waals surface area (Å²) in [5.41, 5.74) is 2.52. The summed E-state index contributed by atoms with van der Waals surface area (Å²) in [5.74, 6) is -0.561. The van der Waals surface area contributed by atoms with Crippen LogP contribution in [0, 0.1) is 5.82 Å². The van der Waals surface area contributed by atoms with Crippen LogP contribution in [0.5, 0.6) is 0 Å². The molecule has 0 fully saturated rings. The molecule has 3 aromatic rings. The van der Waals surface area contributed by atoms with Crippen molar-refractivity contribution in [1.29, 1.82) is 0 Å². The van der Waals surface area contributed by atoms with Crippen molar-refractivity contribution in [3.8, 4) is 0 Å². The Hall–Kier alpha value is -2.56. The molecule has 4 rings (SSSR count). The highest BCUT2D eigenvalue weighted by atomic mass is 35.5. The van der Waals surface area contributed by atoms with Crippen LogP contribution in [0.15, 0.2) is 66.7 Å². The van der Waals surface area contributed by atoms with Gasteiger partial charge in [-0.05, 0) is 48.5 Å². The molecule has 6 heteroatoms. The van der Waals surface area contributed by atoms with E-state index in [0.29, 0.717) is 32.5 Å². The minimum atomic E-state index is -0.548. The zero-order valence-corrected chi connectivity index (χ0v) is 14.9. The average molecular weight is 387 g/mol. The summed E-state index contributed by atoms with van der Waals surface area (Å²) in [6, 6.07) is 18.2. The van der Waals surface area contributed by atoms with Gasteiger partial charge in [0.15, 0.2) is 0 Å². The second-order valence-electron chi connectivity index (χ2n) is 5.91. The molecule has 1 unspecified atom stereocenters. The van der Waals surface area contributed by atoms with Crippen LogP contribution in [0.4, 0.5) is 15.8 Å². The van der Waals surface area contributed by atoms with E-state index in [1.807, 2.05) is 12.1 Å². The summed E-state index contributed by atoms with van der Waals surface area (Å²) >= 11 is 12.4. The molecule has 26 heavy (non-hydrogen) atoms. The van der Waals surface area contributed by atoms with Crippen LogP contribution in [-0.2, 0) is 0 Å². The highest BCUT2D eigenvalue weighted by Gasteiger charge is 2.35. The third kappa shape index (κ3) is 2.91. The van der Waals surface area contributed by atoms with Gasteiger partial charge in [-0.2, -0.15) is 0 Å². The monoisotopic (exact) mass is 386 g/mol. The minimum Gasteiger partial charge on any atom is -0.360 e. The molecule has 1 amide bonds. The summed E-state index contributed by atoms with van der Waals surface area (Å²) in [4.78, 5) is 14.8. The molecular weight excluding hydrogens is 374 g/mol. The Morgan fingerprint density at radius 1 is 0.962 bits per heavy atom. The van der Waals surface area contributed by atoms with Crippen molar-refractivity contribution in [2.75, 3.05) is 10.2 Å². The van der Waals surface area contributed by atoms with Crippen molar-refractivity contribution in [1.82, 2.24) is 0 Å². The molecule has 0 radical (unpaired) electrons. The number of anilines is 2. The molecule has 1 atom stereocenters. The minimum absolute atomic E-state index is 0.193. The van der Waals surface area contributed by atoms with Crippen molar-refractivity contribution >= 4 is 40.5 Å². The molecule has 1 N–H and O–H groups in total. The van der Waals surface area contributed by atoms with Gasteiger partial charge in [-0.1, -0.05) is 41.4 Å². The quantitative estimate of drug-likeness (QED) is 0.594. The van der Waals surface area contributed by atoms with Crippen LogP contribution in [0.3, 0.4) is 0 Å². The van der Waals surface area contributed by atoms with E-state index < -0.39 is 6.17 Å². The summed E-state index contributed by atoms with van der Waals surface area (Å²) < 4.78 is 13.4. The largest absolute Gasteiger partial charge is 0.360 e. The van der Waals surface area contributed by atoms with Gasteiger partial charge < -0.3 is 5.32 Å². The van der Waals surface area contributed by atoms with Crippen molar-refractivity contribution in [3.05, 3.63) is 93.7 Å². The number of hydrogen-bond acceptors (Lipinski definition) is 2. The lowest BCUT2D eigenvalue weighted by Crippen LogP contribution is -2.43. The first kappa shape index (κ1) is 16.9. The topological polar surface area (TPSA) is 32.3 Å². The number of amides is 1. The Morgan fingerprint density at radius 2 is 1.69 bits per heavy atom. The third-order valence-electron chi connectivity index (χ3n) is 4.29. The van der Waals surface area contributed by atoms with Crippen molar-refractivity contribution in [3.63, 3.8) is 0 Å². The molecule has 1 heterocycles. The Morgan fingerprint density at radius 3 is 2.42 bits per heavy atom. The standard InChI is InChI=1S/C20H13Cl2FN2O/c21-12-5-10-15(17(22)11-12)19-24-18-4-2-1-3-16(18)20(26)25(19)14-8-6-13(23)7-9-14/h1-11,19,24H. The van der Waals surface area contributed by atoms with E-state index in [9.17, 15) is 9.18 Å². The highest BCUT2D eigenvalue weighted by Crippen LogP contribution is 2.39. The number of benzene rings is 3. The van der Waals surface area contributed by atoms with Gasteiger partial charge in [-0.3, -0.25) is 9.69 Å². The van der Waals surface area contributed by atoms with Crippen LogP contribution < -0.4 is 10.2 Å². The number of para-hydroxylation sites is 1. The summed E-state index contributed by atoms with van der Waals surface area (Å²) in [7, 11) is 0. The SMILES string of the molecule is O=C1c2ccccc2NC(c2ccc(Cl)cc2Cl)N1c1ccc(F)cc1. The van der Waals surface area contributed by atoms with Gasteiger partial charge >= 0.3 is 0 Å². The van der Waals surface area contributed by atoms with Crippen LogP contribution in [-0.4, -0.2) is 5.91 Å². The molecule has 1 aliphatic rings. The summed E-state index contributed by atoms with van der Waals surface area (Å²) in [6.07, 6.45) is -0.548. The maximum Gasteiger partial charge on any atom is 0.262 e. The van der Waals surface area contributed by atoms with Crippen LogP contribution in [0.1, 0.15) is 22.1 Å². The number of rotatable bonds is 2. The molecule has 3 nitrogen and oxygen atoms in total. The first-order valence-electron chi connectivity index (χ1n) is 7.94. The number of nitrogens with zero attached hydrogens (tertiary/aromatic N) is 1. The molecule has 3 aromatic carbocycles. The fourth-order valence-electron chi connectivity index (χ4n) is 3.06. The van der Waals surface area contributed by atoms with Gasteiger partial charge in [0.25, 0.3) is 5.91 Å². The van der Waals surface area contributed by atoms with Crippen LogP contribution in [0.25, 0.3) is 0 Å². The molecule has 1 aliphatic heterocycles. The van der Waals surface area contributed by atoms with E-state index in [1.165, 1.54) is 12.1 Å². The fourth-order valence-corrected chi connectivity index (χ4v) is 3.57. The number of fused-ring (bicyclic) bond motifs is 1. The normalized spacial score (nSPS) is 16.2. The maximum absolute atomic E-state index is 13.4. The van der Waals surface area contributed by atoms with Crippen molar-refractivity contribution in [2.45, 2.75) is 6.17 Å². The lowest BCUT2D eigenvalue weighted by atomic mass is 10.0. The maximum atomic E-state index is 13.4. The number of nitrogens with one attached hydrogen (secondary N) is 1. The molecule has 0 saturated heterocycles. The van der Waals surface area contributed by atoms with Gasteiger partial charge in [-0.15, -0.1) is 0 Å². The predicted molar refractivity (Wildman–Crippen MR) is 102 cm³/mol. The van der Waals surface area contributed by atoms with E-state index in [0.717, 1.165) is 0 Å². The van der Waals surface area contributed by atoms with Crippen LogP contribution in [0.2, 0.25) is 10.0 Å². The van der Waals surface area contributed by atoms with E-state index in [1.54, 1.807) is 47.4 Å². The highest BCUT2D eigenvalue weighted by molar-refractivity contribution is 6.35. The van der Waals surface area contributed by atoms with Gasteiger partial charge in [-0.25, -0.2) is 4.39 Å². The van der Waals surface area contributed by atoms with Gasteiger partial charge in [0.1, 0.15) is 12.0 Å². The molecule has 130 valence electrons. The number of carbonyl (C=O) groups excluding carboxylic acids is 1.